The van der Waals surface area contributed by atoms with Crippen LogP contribution in [0.5, 0.6) is 0 Å². The second kappa shape index (κ2) is 5.51. The number of aryl methyl sites for hydroxylation is 1. The van der Waals surface area contributed by atoms with Crippen molar-refractivity contribution >= 4 is 15.7 Å². The Kier molecular flexibility index (Phi) is 3.96. The number of sulfonamides is 1. The normalized spacial score (nSPS) is 11.5. The molecule has 6 nitrogen and oxygen atoms in total. The summed E-state index contributed by atoms with van der Waals surface area (Å²) in [6.45, 7) is 1.75. The second-order valence-corrected chi connectivity index (χ2v) is 5.92. The average Bonchev–Trinajstić information content (AvgIpc) is 2.41. The molecule has 0 aliphatic rings. The Hall–Kier alpha value is -2.06. The number of benzene rings is 1. The molecule has 3 N–H and O–H groups in total. The van der Waals surface area contributed by atoms with Gasteiger partial charge >= 0.3 is 0 Å². The molecule has 2 aromatic rings. The van der Waals surface area contributed by atoms with Crippen LogP contribution in [0.2, 0.25) is 0 Å². The topological polar surface area (TPSA) is 98.0 Å². The van der Waals surface area contributed by atoms with Crippen LogP contribution < -0.4 is 10.5 Å². The summed E-state index contributed by atoms with van der Waals surface area (Å²) in [5.74, 6) is -0.775. The first-order chi connectivity index (χ1) is 9.38. The number of rotatable bonds is 4. The van der Waals surface area contributed by atoms with Gasteiger partial charge in [-0.15, -0.1) is 0 Å². The predicted octanol–water partition coefficient (Wildman–Crippen LogP) is 0.985. The zero-order valence-corrected chi connectivity index (χ0v) is 11.5. The Morgan fingerprint density at radius 1 is 1.30 bits per heavy atom. The number of nitrogens with one attached hydrogen (secondary N) is 1. The highest BCUT2D eigenvalue weighted by atomic mass is 32.2. The highest BCUT2D eigenvalue weighted by Crippen LogP contribution is 2.16. The molecule has 0 radical (unpaired) electrons. The van der Waals surface area contributed by atoms with Gasteiger partial charge in [0.05, 0.1) is 34.7 Å². The van der Waals surface area contributed by atoms with Crippen LogP contribution in [-0.2, 0) is 16.6 Å². The molecule has 2 rings (SSSR count). The third kappa shape index (κ3) is 3.28. The first kappa shape index (κ1) is 14.4. The molecule has 1 aromatic carbocycles. The van der Waals surface area contributed by atoms with Gasteiger partial charge < -0.3 is 5.73 Å². The van der Waals surface area contributed by atoms with Crippen LogP contribution in [0.25, 0.3) is 0 Å². The summed E-state index contributed by atoms with van der Waals surface area (Å²) >= 11 is 0. The largest absolute Gasteiger partial charge is 0.396 e. The Balaban J connectivity index is 2.14. The Bertz CT molecular complexity index is 717. The lowest BCUT2D eigenvalue weighted by Gasteiger charge is -2.07. The number of hydrogen-bond acceptors (Lipinski definition) is 5. The maximum Gasteiger partial charge on any atom is 0.241 e. The fourth-order valence-electron chi connectivity index (χ4n) is 1.44. The van der Waals surface area contributed by atoms with E-state index in [4.69, 9.17) is 5.73 Å². The molecule has 0 bridgehead atoms. The lowest BCUT2D eigenvalue weighted by atomic mass is 10.3. The first-order valence-corrected chi connectivity index (χ1v) is 7.19. The molecule has 1 aromatic heterocycles. The van der Waals surface area contributed by atoms with Crippen LogP contribution in [0.3, 0.4) is 0 Å². The number of nitrogens with two attached hydrogens (primary N) is 1. The molecule has 0 fully saturated rings. The van der Waals surface area contributed by atoms with Gasteiger partial charge in [-0.05, 0) is 25.1 Å². The van der Waals surface area contributed by atoms with E-state index in [0.717, 1.165) is 11.8 Å². The molecule has 0 aliphatic carbocycles. The lowest BCUT2D eigenvalue weighted by molar-refractivity contribution is 0.577. The summed E-state index contributed by atoms with van der Waals surface area (Å²) in [5.41, 5.74) is 6.40. The summed E-state index contributed by atoms with van der Waals surface area (Å²) in [7, 11) is -3.82. The van der Waals surface area contributed by atoms with Crippen LogP contribution >= 0.6 is 0 Å². The number of halogens is 1. The molecule has 0 unspecified atom stereocenters. The summed E-state index contributed by atoms with van der Waals surface area (Å²) < 4.78 is 39.5. The first-order valence-electron chi connectivity index (χ1n) is 5.71. The molecule has 20 heavy (non-hydrogen) atoms. The van der Waals surface area contributed by atoms with E-state index in [-0.39, 0.29) is 17.1 Å². The summed E-state index contributed by atoms with van der Waals surface area (Å²) in [6.07, 6.45) is 3.01. The van der Waals surface area contributed by atoms with Gasteiger partial charge in [-0.25, -0.2) is 17.5 Å². The van der Waals surface area contributed by atoms with E-state index in [1.165, 1.54) is 24.5 Å². The van der Waals surface area contributed by atoms with Crippen LogP contribution in [0.15, 0.2) is 35.5 Å². The van der Waals surface area contributed by atoms with Gasteiger partial charge in [0.1, 0.15) is 5.82 Å². The quantitative estimate of drug-likeness (QED) is 0.820. The van der Waals surface area contributed by atoms with E-state index in [2.05, 4.69) is 14.7 Å². The van der Waals surface area contributed by atoms with E-state index in [0.29, 0.717) is 5.69 Å². The third-order valence-electron chi connectivity index (χ3n) is 2.56. The minimum Gasteiger partial charge on any atom is -0.396 e. The zero-order chi connectivity index (χ0) is 14.8. The van der Waals surface area contributed by atoms with Crippen molar-refractivity contribution in [2.45, 2.75) is 18.4 Å². The fraction of sp³-hybridized carbons (Fsp3) is 0.167. The van der Waals surface area contributed by atoms with Gasteiger partial charge in [-0.2, -0.15) is 0 Å². The van der Waals surface area contributed by atoms with Gasteiger partial charge in [-0.1, -0.05) is 0 Å². The Morgan fingerprint density at radius 2 is 2.05 bits per heavy atom. The molecular formula is C12H13FN4O2S. The van der Waals surface area contributed by atoms with Crippen molar-refractivity contribution < 1.29 is 12.8 Å². The molecule has 106 valence electrons. The standard InChI is InChI=1S/C12H13FN4O2S/c1-8-5-16-9(6-15-8)7-17-20(18,19)10-2-3-12(14)11(13)4-10/h2-6,17H,7,14H2,1H3. The van der Waals surface area contributed by atoms with Crippen LogP contribution in [0, 0.1) is 12.7 Å². The summed E-state index contributed by atoms with van der Waals surface area (Å²) in [4.78, 5) is 7.84. The van der Waals surface area contributed by atoms with Gasteiger partial charge in [0.25, 0.3) is 0 Å². The maximum absolute atomic E-state index is 13.3. The van der Waals surface area contributed by atoms with Gasteiger partial charge in [0.15, 0.2) is 0 Å². The molecule has 1 heterocycles. The lowest BCUT2D eigenvalue weighted by Crippen LogP contribution is -2.24. The number of nitrogen functional groups attached to an aromatic ring is 1. The van der Waals surface area contributed by atoms with Crippen molar-refractivity contribution in [3.63, 3.8) is 0 Å². The SMILES string of the molecule is Cc1cnc(CNS(=O)(=O)c2ccc(N)c(F)c2)cn1. The molecule has 0 atom stereocenters. The number of hydrogen-bond donors (Lipinski definition) is 2. The van der Waals surface area contributed by atoms with E-state index < -0.39 is 15.8 Å². The van der Waals surface area contributed by atoms with E-state index in [9.17, 15) is 12.8 Å². The zero-order valence-electron chi connectivity index (χ0n) is 10.7. The number of nitrogens with zero attached hydrogens (tertiary/aromatic N) is 2. The smallest absolute Gasteiger partial charge is 0.241 e. The highest BCUT2D eigenvalue weighted by Gasteiger charge is 2.15. The van der Waals surface area contributed by atoms with E-state index in [1.54, 1.807) is 6.92 Å². The molecule has 0 amide bonds. The predicted molar refractivity (Wildman–Crippen MR) is 71.6 cm³/mol. The fourth-order valence-corrected chi connectivity index (χ4v) is 2.45. The Morgan fingerprint density at radius 3 is 2.65 bits per heavy atom. The van der Waals surface area contributed by atoms with Crippen molar-refractivity contribution in [2.75, 3.05) is 5.73 Å². The van der Waals surface area contributed by atoms with E-state index in [1.807, 2.05) is 0 Å². The molecule has 0 saturated carbocycles. The monoisotopic (exact) mass is 296 g/mol. The second-order valence-electron chi connectivity index (χ2n) is 4.16. The summed E-state index contributed by atoms with van der Waals surface area (Å²) in [6, 6.07) is 3.32. The van der Waals surface area contributed by atoms with Crippen molar-refractivity contribution in [2.24, 2.45) is 0 Å². The molecule has 0 aliphatic heterocycles. The van der Waals surface area contributed by atoms with E-state index >= 15 is 0 Å². The third-order valence-corrected chi connectivity index (χ3v) is 3.96. The molecule has 8 heteroatoms. The average molecular weight is 296 g/mol. The minimum absolute atomic E-state index is 0.0262. The number of anilines is 1. The highest BCUT2D eigenvalue weighted by molar-refractivity contribution is 7.89. The molecule has 0 spiro atoms. The van der Waals surface area contributed by atoms with Crippen LogP contribution in [0.4, 0.5) is 10.1 Å². The van der Waals surface area contributed by atoms with Crippen LogP contribution in [-0.4, -0.2) is 18.4 Å². The van der Waals surface area contributed by atoms with Gasteiger partial charge in [-0.3, -0.25) is 9.97 Å². The summed E-state index contributed by atoms with van der Waals surface area (Å²) in [5, 5.41) is 0. The minimum atomic E-state index is -3.82. The maximum atomic E-state index is 13.3. The van der Waals surface area contributed by atoms with Crippen molar-refractivity contribution in [1.82, 2.24) is 14.7 Å². The Labute approximate surface area is 115 Å². The van der Waals surface area contributed by atoms with Crippen LogP contribution in [0.1, 0.15) is 11.4 Å². The number of aromatic nitrogens is 2. The van der Waals surface area contributed by atoms with Crippen molar-refractivity contribution in [1.29, 1.82) is 0 Å². The molecular weight excluding hydrogens is 283 g/mol. The van der Waals surface area contributed by atoms with Crippen molar-refractivity contribution in [3.05, 3.63) is 47.8 Å². The van der Waals surface area contributed by atoms with Gasteiger partial charge in [0.2, 0.25) is 10.0 Å². The van der Waals surface area contributed by atoms with Gasteiger partial charge in [0, 0.05) is 6.20 Å². The van der Waals surface area contributed by atoms with Crippen molar-refractivity contribution in [3.8, 4) is 0 Å². The molecule has 0 saturated heterocycles.